The first-order valence-electron chi connectivity index (χ1n) is 6.26. The van der Waals surface area contributed by atoms with Crippen molar-refractivity contribution in [1.29, 1.82) is 0 Å². The average Bonchev–Trinajstić information content (AvgIpc) is 2.08. The maximum atomic E-state index is 11.6. The molecule has 0 aromatic carbocycles. The molecule has 0 bridgehead atoms. The minimum atomic E-state index is -1.07. The van der Waals surface area contributed by atoms with E-state index in [0.717, 1.165) is 0 Å². The lowest BCUT2D eigenvalue weighted by atomic mass is 9.97. The number of carbonyl (C=O) groups is 1. The number of ether oxygens (including phenoxy) is 1. The molecule has 0 N–H and O–H groups in total. The van der Waals surface area contributed by atoms with Gasteiger partial charge in [-0.25, -0.2) is 0 Å². The highest BCUT2D eigenvalue weighted by atomic mass is 28.3. The van der Waals surface area contributed by atoms with Gasteiger partial charge in [0, 0.05) is 8.07 Å². The van der Waals surface area contributed by atoms with Crippen LogP contribution in [-0.4, -0.2) is 20.7 Å². The van der Waals surface area contributed by atoms with Gasteiger partial charge in [-0.3, -0.25) is 4.79 Å². The molecule has 0 saturated carbocycles. The van der Waals surface area contributed by atoms with Gasteiger partial charge in [0.15, 0.2) is 0 Å². The van der Waals surface area contributed by atoms with Gasteiger partial charge in [0.2, 0.25) is 0 Å². The Hall–Kier alpha value is -0.573. The zero-order chi connectivity index (χ0) is 13.9. The number of hydrogen-bond acceptors (Lipinski definition) is 2. The van der Waals surface area contributed by atoms with E-state index < -0.39 is 13.5 Å². The van der Waals surface area contributed by atoms with Crippen molar-refractivity contribution in [3.63, 3.8) is 0 Å². The fourth-order valence-corrected chi connectivity index (χ4v) is 3.35. The Morgan fingerprint density at radius 2 is 1.53 bits per heavy atom. The van der Waals surface area contributed by atoms with Gasteiger partial charge in [0.1, 0.15) is 6.61 Å². The van der Waals surface area contributed by atoms with Crippen LogP contribution in [0.15, 0.2) is 11.1 Å². The number of allylic oxidation sites excluding steroid dienone is 1. The molecule has 0 radical (unpaired) electrons. The van der Waals surface area contributed by atoms with Crippen LogP contribution in [-0.2, 0) is 9.53 Å². The van der Waals surface area contributed by atoms with Crippen molar-refractivity contribution >= 4 is 14.0 Å². The number of hydrogen-bond donors (Lipinski definition) is 0. The summed E-state index contributed by atoms with van der Waals surface area (Å²) in [4.78, 5) is 11.6. The summed E-state index contributed by atoms with van der Waals surface area (Å²) >= 11 is 0. The summed E-state index contributed by atoms with van der Waals surface area (Å²) in [6.07, 6.45) is 0. The molecule has 0 aromatic rings. The molecule has 0 amide bonds. The van der Waals surface area contributed by atoms with Gasteiger partial charge < -0.3 is 4.74 Å². The Labute approximate surface area is 107 Å². The molecule has 0 spiro atoms. The van der Waals surface area contributed by atoms with Crippen LogP contribution >= 0.6 is 0 Å². The highest BCUT2D eigenvalue weighted by Gasteiger charge is 2.23. The van der Waals surface area contributed by atoms with Crippen LogP contribution in [0.5, 0.6) is 0 Å². The highest BCUT2D eigenvalue weighted by Crippen LogP contribution is 2.20. The molecule has 0 saturated heterocycles. The first kappa shape index (κ1) is 16.4. The molecule has 0 rings (SSSR count). The number of rotatable bonds is 4. The van der Waals surface area contributed by atoms with Gasteiger partial charge in [0.25, 0.3) is 0 Å². The molecule has 3 heteroatoms. The predicted molar refractivity (Wildman–Crippen MR) is 76.9 cm³/mol. The largest absolute Gasteiger partial charge is 0.461 e. The lowest BCUT2D eigenvalue weighted by molar-refractivity contribution is -0.151. The Morgan fingerprint density at radius 1 is 1.06 bits per heavy atom. The Balaban J connectivity index is 4.40. The molecule has 100 valence electrons. The van der Waals surface area contributed by atoms with E-state index in [9.17, 15) is 4.79 Å². The molecule has 0 aliphatic heterocycles. The van der Waals surface area contributed by atoms with Gasteiger partial charge in [-0.1, -0.05) is 25.2 Å². The fraction of sp³-hybridized carbons (Fsp3) is 0.786. The maximum Gasteiger partial charge on any atom is 0.311 e. The Morgan fingerprint density at radius 3 is 1.88 bits per heavy atom. The van der Waals surface area contributed by atoms with Crippen molar-refractivity contribution in [3.8, 4) is 0 Å². The minimum Gasteiger partial charge on any atom is -0.461 e. The average molecular weight is 256 g/mol. The van der Waals surface area contributed by atoms with Gasteiger partial charge in [0.05, 0.1) is 5.41 Å². The zero-order valence-electron chi connectivity index (χ0n) is 12.7. The van der Waals surface area contributed by atoms with Crippen molar-refractivity contribution in [2.45, 2.75) is 60.3 Å². The summed E-state index contributed by atoms with van der Waals surface area (Å²) in [5.74, 6) is -0.127. The molecule has 0 aromatic heterocycles. The van der Waals surface area contributed by atoms with Crippen molar-refractivity contribution in [1.82, 2.24) is 0 Å². The Bertz CT molecular complexity index is 303. The molecule has 0 fully saturated rings. The SMILES string of the molecule is C/C(COC(=O)C(C)(C)C)=C(\C)C[Si](C)(C)C. The molecular weight excluding hydrogens is 228 g/mol. The number of carbonyl (C=O) groups excluding carboxylic acids is 1. The summed E-state index contributed by atoms with van der Waals surface area (Å²) < 4.78 is 5.32. The topological polar surface area (TPSA) is 26.3 Å². The molecule has 0 atom stereocenters. The third-order valence-corrected chi connectivity index (χ3v) is 4.15. The van der Waals surface area contributed by atoms with Crippen molar-refractivity contribution in [3.05, 3.63) is 11.1 Å². The third-order valence-electron chi connectivity index (χ3n) is 2.56. The van der Waals surface area contributed by atoms with Crippen LogP contribution in [0.2, 0.25) is 25.7 Å². The summed E-state index contributed by atoms with van der Waals surface area (Å²) in [6, 6.07) is 1.17. The maximum absolute atomic E-state index is 11.6. The summed E-state index contributed by atoms with van der Waals surface area (Å²) in [6.45, 7) is 17.3. The van der Waals surface area contributed by atoms with Crippen LogP contribution < -0.4 is 0 Å². The van der Waals surface area contributed by atoms with Crippen LogP contribution in [0.25, 0.3) is 0 Å². The number of esters is 1. The molecule has 17 heavy (non-hydrogen) atoms. The van der Waals surface area contributed by atoms with E-state index in [-0.39, 0.29) is 5.97 Å². The molecule has 0 aliphatic carbocycles. The Kier molecular flexibility index (Phi) is 5.65. The zero-order valence-corrected chi connectivity index (χ0v) is 13.7. The van der Waals surface area contributed by atoms with Crippen LogP contribution in [0, 0.1) is 5.41 Å². The molecule has 0 heterocycles. The molecule has 2 nitrogen and oxygen atoms in total. The quantitative estimate of drug-likeness (QED) is 0.427. The molecular formula is C14H28O2Si. The monoisotopic (exact) mass is 256 g/mol. The van der Waals surface area contributed by atoms with Crippen molar-refractivity contribution in [2.75, 3.05) is 6.61 Å². The third kappa shape index (κ3) is 7.37. The van der Waals surface area contributed by atoms with E-state index in [4.69, 9.17) is 4.74 Å². The van der Waals surface area contributed by atoms with Gasteiger partial charge >= 0.3 is 5.97 Å². The molecule has 0 aliphatic rings. The summed E-state index contributed by atoms with van der Waals surface area (Å²) in [7, 11) is -1.07. The smallest absolute Gasteiger partial charge is 0.311 e. The van der Waals surface area contributed by atoms with Gasteiger partial charge in [-0.05, 0) is 46.2 Å². The van der Waals surface area contributed by atoms with E-state index in [1.165, 1.54) is 17.2 Å². The van der Waals surface area contributed by atoms with Crippen LogP contribution in [0.4, 0.5) is 0 Å². The minimum absolute atomic E-state index is 0.127. The van der Waals surface area contributed by atoms with Gasteiger partial charge in [-0.2, -0.15) is 0 Å². The van der Waals surface area contributed by atoms with E-state index in [2.05, 4.69) is 33.5 Å². The van der Waals surface area contributed by atoms with E-state index >= 15 is 0 Å². The first-order chi connectivity index (χ1) is 7.43. The summed E-state index contributed by atoms with van der Waals surface area (Å²) in [5.41, 5.74) is 2.17. The van der Waals surface area contributed by atoms with E-state index in [1.54, 1.807) is 0 Å². The second-order valence-corrected chi connectivity index (χ2v) is 12.6. The fourth-order valence-electron chi connectivity index (χ4n) is 1.46. The predicted octanol–water partition coefficient (Wildman–Crippen LogP) is 4.25. The second-order valence-electron chi connectivity index (χ2n) is 7.12. The van der Waals surface area contributed by atoms with Gasteiger partial charge in [-0.15, -0.1) is 0 Å². The van der Waals surface area contributed by atoms with Crippen molar-refractivity contribution < 1.29 is 9.53 Å². The van der Waals surface area contributed by atoms with E-state index in [1.807, 2.05) is 20.8 Å². The normalized spacial score (nSPS) is 14.4. The second kappa shape index (κ2) is 5.85. The van der Waals surface area contributed by atoms with E-state index in [0.29, 0.717) is 6.61 Å². The standard InChI is InChI=1S/C14H28O2Si/c1-11(12(2)10-17(6,7)8)9-16-13(15)14(3,4)5/h9-10H2,1-8H3/b12-11-. The lowest BCUT2D eigenvalue weighted by Gasteiger charge is -2.20. The summed E-state index contributed by atoms with van der Waals surface area (Å²) in [5, 5.41) is 0. The lowest BCUT2D eigenvalue weighted by Crippen LogP contribution is -2.24. The first-order valence-corrected chi connectivity index (χ1v) is 9.96. The van der Waals surface area contributed by atoms with Crippen LogP contribution in [0.3, 0.4) is 0 Å². The van der Waals surface area contributed by atoms with Crippen LogP contribution in [0.1, 0.15) is 34.6 Å². The highest BCUT2D eigenvalue weighted by molar-refractivity contribution is 6.76. The molecule has 0 unspecified atom stereocenters. The van der Waals surface area contributed by atoms with Crippen molar-refractivity contribution in [2.24, 2.45) is 5.41 Å².